The lowest BCUT2D eigenvalue weighted by molar-refractivity contribution is -0.117. The van der Waals surface area contributed by atoms with E-state index < -0.39 is 17.9 Å². The van der Waals surface area contributed by atoms with E-state index in [1.165, 1.54) is 29.2 Å². The fraction of sp³-hybridized carbons (Fsp3) is 0.111. The van der Waals surface area contributed by atoms with Gasteiger partial charge in [0.2, 0.25) is 11.8 Å². The number of hydrogen-bond donors (Lipinski definition) is 4. The number of tetrazole rings is 1. The number of anilines is 1. The number of nitrogens with one attached hydrogen (secondary N) is 2. The molecule has 3 aromatic carbocycles. The molecular weight excluding hydrogens is 522 g/mol. The highest BCUT2D eigenvalue weighted by Crippen LogP contribution is 2.20. The number of rotatable bonds is 11. The van der Waals surface area contributed by atoms with Gasteiger partial charge >= 0.3 is 5.97 Å². The Hall–Kier alpha value is -5.03. The average molecular weight is 546 g/mol. The van der Waals surface area contributed by atoms with Crippen molar-refractivity contribution in [1.82, 2.24) is 25.5 Å². The molecule has 2 amide bonds. The molecule has 0 aliphatic rings. The van der Waals surface area contributed by atoms with Crippen LogP contribution in [0.5, 0.6) is 0 Å². The standard InChI is InChI=1S/C27H24ClN7O4/c28-21-7-10-24(35-16-31-33-34-35)19(14-21)6-11-25(36)32-23(13-17-2-1-3-20(12-17)26(29)37)15-30-22-8-4-18(5-9-22)27(38)39/h1-12,14,16,23,30H,13,15H2,(H2,29,37)(H,32,36)(H,38,39)/b11-6+/t23-/m0/s1. The Kier molecular flexibility index (Phi) is 8.64. The molecule has 1 atom stereocenters. The smallest absolute Gasteiger partial charge is 0.335 e. The van der Waals surface area contributed by atoms with Crippen molar-refractivity contribution < 1.29 is 19.5 Å². The molecule has 0 saturated carbocycles. The normalized spacial score (nSPS) is 11.7. The maximum Gasteiger partial charge on any atom is 0.335 e. The van der Waals surface area contributed by atoms with E-state index in [4.69, 9.17) is 22.4 Å². The molecule has 1 aromatic heterocycles. The highest BCUT2D eigenvalue weighted by molar-refractivity contribution is 6.30. The number of nitrogens with two attached hydrogens (primary N) is 1. The van der Waals surface area contributed by atoms with Crippen LogP contribution < -0.4 is 16.4 Å². The number of primary amides is 1. The summed E-state index contributed by atoms with van der Waals surface area (Å²) in [6, 6.07) is 17.9. The Morgan fingerprint density at radius 1 is 1.05 bits per heavy atom. The first kappa shape index (κ1) is 27.0. The summed E-state index contributed by atoms with van der Waals surface area (Å²) >= 11 is 6.16. The van der Waals surface area contributed by atoms with Gasteiger partial charge in [0.15, 0.2) is 0 Å². The number of carboxylic acids is 1. The topological polar surface area (TPSA) is 165 Å². The maximum atomic E-state index is 13.0. The molecule has 4 rings (SSSR count). The minimum atomic E-state index is -1.02. The summed E-state index contributed by atoms with van der Waals surface area (Å²) in [7, 11) is 0. The van der Waals surface area contributed by atoms with Crippen molar-refractivity contribution in [3.8, 4) is 5.69 Å². The molecular formula is C27H24ClN7O4. The number of nitrogens with zero attached hydrogens (tertiary/aromatic N) is 4. The number of amides is 2. The van der Waals surface area contributed by atoms with E-state index in [9.17, 15) is 14.4 Å². The molecule has 0 fully saturated rings. The number of carboxylic acid groups (broad SMARTS) is 1. The Balaban J connectivity index is 1.51. The Labute approximate surface area is 228 Å². The first-order valence-electron chi connectivity index (χ1n) is 11.8. The highest BCUT2D eigenvalue weighted by atomic mass is 35.5. The monoisotopic (exact) mass is 545 g/mol. The fourth-order valence-electron chi connectivity index (χ4n) is 3.84. The van der Waals surface area contributed by atoms with Gasteiger partial charge in [0.05, 0.1) is 17.3 Å². The van der Waals surface area contributed by atoms with Gasteiger partial charge in [-0.05, 0) is 83.1 Å². The molecule has 0 unspecified atom stereocenters. The van der Waals surface area contributed by atoms with Crippen LogP contribution in [0.15, 0.2) is 79.1 Å². The van der Waals surface area contributed by atoms with Gasteiger partial charge in [-0.25, -0.2) is 4.79 Å². The largest absolute Gasteiger partial charge is 0.478 e. The van der Waals surface area contributed by atoms with Gasteiger partial charge in [-0.2, -0.15) is 4.68 Å². The first-order chi connectivity index (χ1) is 18.8. The van der Waals surface area contributed by atoms with Crippen LogP contribution in [0, 0.1) is 0 Å². The van der Waals surface area contributed by atoms with Gasteiger partial charge in [0, 0.05) is 34.5 Å². The fourth-order valence-corrected chi connectivity index (χ4v) is 4.02. The zero-order valence-electron chi connectivity index (χ0n) is 20.5. The number of halogens is 1. The first-order valence-corrected chi connectivity index (χ1v) is 12.1. The molecule has 4 aromatic rings. The molecule has 0 aliphatic heterocycles. The number of carbonyl (C=O) groups is 3. The van der Waals surface area contributed by atoms with Crippen molar-refractivity contribution in [2.24, 2.45) is 5.73 Å². The van der Waals surface area contributed by atoms with Crippen molar-refractivity contribution in [3.63, 3.8) is 0 Å². The lowest BCUT2D eigenvalue weighted by atomic mass is 10.0. The summed E-state index contributed by atoms with van der Waals surface area (Å²) in [5, 5.41) is 27.0. The van der Waals surface area contributed by atoms with E-state index in [0.29, 0.717) is 40.5 Å². The minimum absolute atomic E-state index is 0.167. The van der Waals surface area contributed by atoms with Gasteiger partial charge in [-0.1, -0.05) is 23.7 Å². The lowest BCUT2D eigenvalue weighted by Crippen LogP contribution is -2.40. The van der Waals surface area contributed by atoms with Crippen molar-refractivity contribution in [2.75, 3.05) is 11.9 Å². The van der Waals surface area contributed by atoms with Crippen LogP contribution in [0.25, 0.3) is 11.8 Å². The van der Waals surface area contributed by atoms with Crippen LogP contribution in [-0.4, -0.2) is 55.7 Å². The van der Waals surface area contributed by atoms with Gasteiger partial charge in [-0.15, -0.1) is 5.10 Å². The second-order valence-electron chi connectivity index (χ2n) is 8.53. The average Bonchev–Trinajstić information content (AvgIpc) is 3.46. The third kappa shape index (κ3) is 7.49. The Morgan fingerprint density at radius 3 is 2.54 bits per heavy atom. The van der Waals surface area contributed by atoms with E-state index >= 15 is 0 Å². The number of hydrogen-bond acceptors (Lipinski definition) is 7. The molecule has 5 N–H and O–H groups in total. The van der Waals surface area contributed by atoms with Crippen LogP contribution >= 0.6 is 11.6 Å². The van der Waals surface area contributed by atoms with Crippen LogP contribution in [0.2, 0.25) is 5.02 Å². The van der Waals surface area contributed by atoms with Gasteiger partial charge in [0.25, 0.3) is 0 Å². The summed E-state index contributed by atoms with van der Waals surface area (Å²) in [6.45, 7) is 0.319. The third-order valence-electron chi connectivity index (χ3n) is 5.72. The molecule has 0 saturated heterocycles. The van der Waals surface area contributed by atoms with E-state index in [1.54, 1.807) is 54.6 Å². The van der Waals surface area contributed by atoms with Crippen LogP contribution in [-0.2, 0) is 11.2 Å². The van der Waals surface area contributed by atoms with Crippen molar-refractivity contribution >= 4 is 41.1 Å². The Morgan fingerprint density at radius 2 is 1.85 bits per heavy atom. The number of benzene rings is 3. The Bertz CT molecular complexity index is 1510. The predicted octanol–water partition coefficient (Wildman–Crippen LogP) is 2.97. The molecule has 0 bridgehead atoms. The summed E-state index contributed by atoms with van der Waals surface area (Å²) in [6.07, 6.45) is 4.83. The van der Waals surface area contributed by atoms with E-state index in [1.807, 2.05) is 6.07 Å². The summed E-state index contributed by atoms with van der Waals surface area (Å²) in [4.78, 5) is 35.7. The molecule has 11 nitrogen and oxygen atoms in total. The maximum absolute atomic E-state index is 13.0. The van der Waals surface area contributed by atoms with Crippen LogP contribution in [0.4, 0.5) is 5.69 Å². The molecule has 39 heavy (non-hydrogen) atoms. The summed E-state index contributed by atoms with van der Waals surface area (Å²) in [5.74, 6) is -1.93. The lowest BCUT2D eigenvalue weighted by Gasteiger charge is -2.20. The second-order valence-corrected chi connectivity index (χ2v) is 8.96. The number of aromatic nitrogens is 4. The van der Waals surface area contributed by atoms with Crippen LogP contribution in [0.3, 0.4) is 0 Å². The summed E-state index contributed by atoms with van der Waals surface area (Å²) in [5.41, 5.74) is 8.71. The molecule has 0 radical (unpaired) electrons. The van der Waals surface area contributed by atoms with Crippen molar-refractivity contribution in [2.45, 2.75) is 12.5 Å². The van der Waals surface area contributed by atoms with Crippen LogP contribution in [0.1, 0.15) is 31.8 Å². The number of aromatic carboxylic acids is 1. The molecule has 198 valence electrons. The zero-order valence-corrected chi connectivity index (χ0v) is 21.2. The van der Waals surface area contributed by atoms with E-state index in [0.717, 1.165) is 5.56 Å². The summed E-state index contributed by atoms with van der Waals surface area (Å²) < 4.78 is 1.46. The zero-order chi connectivity index (χ0) is 27.8. The predicted molar refractivity (Wildman–Crippen MR) is 146 cm³/mol. The molecule has 0 spiro atoms. The van der Waals surface area contributed by atoms with Gasteiger partial charge in [0.1, 0.15) is 6.33 Å². The van der Waals surface area contributed by atoms with E-state index in [-0.39, 0.29) is 11.5 Å². The van der Waals surface area contributed by atoms with Gasteiger partial charge in [-0.3, -0.25) is 9.59 Å². The molecule has 0 aliphatic carbocycles. The second kappa shape index (κ2) is 12.5. The number of carbonyl (C=O) groups excluding carboxylic acids is 2. The van der Waals surface area contributed by atoms with E-state index in [2.05, 4.69) is 26.2 Å². The van der Waals surface area contributed by atoms with Crippen molar-refractivity contribution in [3.05, 3.63) is 106 Å². The SMILES string of the molecule is NC(=O)c1cccc(C[C@@H](CNc2ccc(C(=O)O)cc2)NC(=O)/C=C/c2cc(Cl)ccc2-n2cnnn2)c1. The highest BCUT2D eigenvalue weighted by Gasteiger charge is 2.14. The van der Waals surface area contributed by atoms with Crippen molar-refractivity contribution in [1.29, 1.82) is 0 Å². The quantitative estimate of drug-likeness (QED) is 0.209. The minimum Gasteiger partial charge on any atom is -0.478 e. The third-order valence-corrected chi connectivity index (χ3v) is 5.96. The molecule has 1 heterocycles. The molecule has 12 heteroatoms. The van der Waals surface area contributed by atoms with Gasteiger partial charge < -0.3 is 21.5 Å².